The van der Waals surface area contributed by atoms with Crippen LogP contribution in [0.4, 0.5) is 8.78 Å². The zero-order valence-corrected chi connectivity index (χ0v) is 7.50. The highest BCUT2D eigenvalue weighted by molar-refractivity contribution is 5.74. The molecule has 0 unspecified atom stereocenters. The first-order valence-electron chi connectivity index (χ1n) is 4.21. The zero-order chi connectivity index (χ0) is 10.4. The van der Waals surface area contributed by atoms with Gasteiger partial charge < -0.3 is 4.74 Å². The van der Waals surface area contributed by atoms with Gasteiger partial charge in [-0.2, -0.15) is 0 Å². The third kappa shape index (κ3) is 2.80. The molecule has 4 heteroatoms. The molecule has 0 aliphatic rings. The molecule has 0 aliphatic heterocycles. The highest BCUT2D eigenvalue weighted by atomic mass is 19.1. The summed E-state index contributed by atoms with van der Waals surface area (Å²) in [6, 6.07) is 3.88. The number of benzene rings is 1. The molecule has 1 aromatic rings. The highest BCUT2D eigenvalue weighted by Crippen LogP contribution is 2.17. The number of halogens is 2. The standard InChI is InChI=1S/C10H10F2O2/c11-4-1-5-14-10-3-2-8(7-13)6-9(10)12/h2-3,6-7H,1,4-5H2. The maximum Gasteiger partial charge on any atom is 0.165 e. The Kier molecular flexibility index (Phi) is 4.04. The van der Waals surface area contributed by atoms with Gasteiger partial charge in [0.05, 0.1) is 13.3 Å². The SMILES string of the molecule is O=Cc1ccc(OCCCF)c(F)c1. The van der Waals surface area contributed by atoms with E-state index in [-0.39, 0.29) is 24.3 Å². The topological polar surface area (TPSA) is 26.3 Å². The van der Waals surface area contributed by atoms with E-state index in [2.05, 4.69) is 0 Å². The third-order valence-corrected chi connectivity index (χ3v) is 1.63. The van der Waals surface area contributed by atoms with Crippen LogP contribution in [-0.4, -0.2) is 19.6 Å². The molecule has 2 nitrogen and oxygen atoms in total. The van der Waals surface area contributed by atoms with Gasteiger partial charge in [0.15, 0.2) is 11.6 Å². The van der Waals surface area contributed by atoms with Crippen molar-refractivity contribution in [1.29, 1.82) is 0 Å². The minimum absolute atomic E-state index is 0.0454. The smallest absolute Gasteiger partial charge is 0.165 e. The number of carbonyl (C=O) groups is 1. The van der Waals surface area contributed by atoms with E-state index >= 15 is 0 Å². The number of hydrogen-bond acceptors (Lipinski definition) is 2. The van der Waals surface area contributed by atoms with Crippen molar-refractivity contribution in [2.75, 3.05) is 13.3 Å². The van der Waals surface area contributed by atoms with Gasteiger partial charge in [0.25, 0.3) is 0 Å². The molecule has 0 saturated carbocycles. The number of alkyl halides is 1. The Morgan fingerprint density at radius 3 is 2.79 bits per heavy atom. The van der Waals surface area contributed by atoms with Crippen LogP contribution in [0.3, 0.4) is 0 Å². The first kappa shape index (κ1) is 10.6. The van der Waals surface area contributed by atoms with Gasteiger partial charge in [-0.3, -0.25) is 9.18 Å². The van der Waals surface area contributed by atoms with Crippen molar-refractivity contribution in [3.05, 3.63) is 29.6 Å². The molecule has 0 atom stereocenters. The number of rotatable bonds is 5. The summed E-state index contributed by atoms with van der Waals surface area (Å²) in [5.74, 6) is -0.558. The largest absolute Gasteiger partial charge is 0.490 e. The molecule has 76 valence electrons. The second kappa shape index (κ2) is 5.32. The summed E-state index contributed by atoms with van der Waals surface area (Å²) >= 11 is 0. The molecule has 0 fully saturated rings. The minimum atomic E-state index is -0.603. The predicted molar refractivity (Wildman–Crippen MR) is 47.9 cm³/mol. The van der Waals surface area contributed by atoms with Crippen LogP contribution in [0.5, 0.6) is 5.75 Å². The zero-order valence-electron chi connectivity index (χ0n) is 7.50. The van der Waals surface area contributed by atoms with Crippen molar-refractivity contribution in [2.24, 2.45) is 0 Å². The quantitative estimate of drug-likeness (QED) is 0.538. The van der Waals surface area contributed by atoms with E-state index < -0.39 is 12.5 Å². The monoisotopic (exact) mass is 200 g/mol. The molecule has 0 heterocycles. The Hall–Kier alpha value is -1.45. The fourth-order valence-corrected chi connectivity index (χ4v) is 0.944. The average Bonchev–Trinajstić information content (AvgIpc) is 2.20. The number of aldehydes is 1. The summed E-state index contributed by atoms with van der Waals surface area (Å²) in [6.07, 6.45) is 0.781. The van der Waals surface area contributed by atoms with Gasteiger partial charge in [-0.25, -0.2) is 4.39 Å². The normalized spacial score (nSPS) is 9.86. The molecule has 0 amide bonds. The molecule has 0 saturated heterocycles. The average molecular weight is 200 g/mol. The first-order valence-corrected chi connectivity index (χ1v) is 4.21. The van der Waals surface area contributed by atoms with E-state index in [0.717, 1.165) is 6.07 Å². The van der Waals surface area contributed by atoms with Crippen molar-refractivity contribution >= 4 is 6.29 Å². The van der Waals surface area contributed by atoms with E-state index in [1.165, 1.54) is 12.1 Å². The summed E-state index contributed by atoms with van der Waals surface area (Å²) in [6.45, 7) is -0.359. The van der Waals surface area contributed by atoms with E-state index in [0.29, 0.717) is 6.29 Å². The van der Waals surface area contributed by atoms with E-state index in [1.807, 2.05) is 0 Å². The van der Waals surface area contributed by atoms with Crippen molar-refractivity contribution in [2.45, 2.75) is 6.42 Å². The molecule has 0 aromatic heterocycles. The summed E-state index contributed by atoms with van der Waals surface area (Å²) < 4.78 is 29.7. The third-order valence-electron chi connectivity index (χ3n) is 1.63. The molecule has 0 bridgehead atoms. The van der Waals surface area contributed by atoms with Gasteiger partial charge in [0.2, 0.25) is 0 Å². The maximum atomic E-state index is 13.1. The van der Waals surface area contributed by atoms with Crippen LogP contribution < -0.4 is 4.74 Å². The van der Waals surface area contributed by atoms with Gasteiger partial charge in [0, 0.05) is 12.0 Å². The van der Waals surface area contributed by atoms with E-state index in [9.17, 15) is 13.6 Å². The molecule has 1 rings (SSSR count). The van der Waals surface area contributed by atoms with Gasteiger partial charge in [-0.05, 0) is 18.2 Å². The number of hydrogen-bond donors (Lipinski definition) is 0. The first-order chi connectivity index (χ1) is 6.77. The second-order valence-electron chi connectivity index (χ2n) is 2.70. The molecule has 1 aromatic carbocycles. The van der Waals surface area contributed by atoms with Crippen LogP contribution in [-0.2, 0) is 0 Å². The van der Waals surface area contributed by atoms with E-state index in [4.69, 9.17) is 4.74 Å². The summed E-state index contributed by atoms with van der Waals surface area (Å²) in [5.41, 5.74) is 0.250. The van der Waals surface area contributed by atoms with Crippen LogP contribution >= 0.6 is 0 Å². The lowest BCUT2D eigenvalue weighted by molar-refractivity contribution is 0.112. The number of ether oxygens (including phenoxy) is 1. The van der Waals surface area contributed by atoms with Gasteiger partial charge in [-0.15, -0.1) is 0 Å². The lowest BCUT2D eigenvalue weighted by Gasteiger charge is -2.05. The Morgan fingerprint density at radius 1 is 1.43 bits per heavy atom. The van der Waals surface area contributed by atoms with Gasteiger partial charge in [0.1, 0.15) is 6.29 Å². The molecule has 0 spiro atoms. The Balaban J connectivity index is 2.64. The lowest BCUT2D eigenvalue weighted by Crippen LogP contribution is -2.00. The maximum absolute atomic E-state index is 13.1. The van der Waals surface area contributed by atoms with Crippen LogP contribution in [0.2, 0.25) is 0 Å². The lowest BCUT2D eigenvalue weighted by atomic mass is 10.2. The second-order valence-corrected chi connectivity index (χ2v) is 2.70. The Bertz CT molecular complexity index is 313. The van der Waals surface area contributed by atoms with Crippen molar-refractivity contribution in [1.82, 2.24) is 0 Å². The van der Waals surface area contributed by atoms with Crippen LogP contribution in [0.1, 0.15) is 16.8 Å². The number of carbonyl (C=O) groups excluding carboxylic acids is 1. The summed E-state index contributed by atoms with van der Waals surface area (Å²) in [5, 5.41) is 0. The molecular formula is C10H10F2O2. The fraction of sp³-hybridized carbons (Fsp3) is 0.300. The predicted octanol–water partition coefficient (Wildman–Crippen LogP) is 2.38. The highest BCUT2D eigenvalue weighted by Gasteiger charge is 2.03. The molecule has 14 heavy (non-hydrogen) atoms. The molecular weight excluding hydrogens is 190 g/mol. The minimum Gasteiger partial charge on any atom is -0.490 e. The molecule has 0 N–H and O–H groups in total. The van der Waals surface area contributed by atoms with E-state index in [1.54, 1.807) is 0 Å². The van der Waals surface area contributed by atoms with Gasteiger partial charge in [-0.1, -0.05) is 0 Å². The summed E-state index contributed by atoms with van der Waals surface area (Å²) in [4.78, 5) is 10.3. The Labute approximate surface area is 80.5 Å². The fourth-order valence-electron chi connectivity index (χ4n) is 0.944. The molecule has 0 radical (unpaired) electrons. The Morgan fingerprint density at radius 2 is 2.21 bits per heavy atom. The van der Waals surface area contributed by atoms with Crippen molar-refractivity contribution in [3.8, 4) is 5.75 Å². The summed E-state index contributed by atoms with van der Waals surface area (Å²) in [7, 11) is 0. The van der Waals surface area contributed by atoms with Crippen molar-refractivity contribution < 1.29 is 18.3 Å². The van der Waals surface area contributed by atoms with Gasteiger partial charge >= 0.3 is 0 Å². The van der Waals surface area contributed by atoms with Crippen LogP contribution in [0.15, 0.2) is 18.2 Å². The van der Waals surface area contributed by atoms with Crippen molar-refractivity contribution in [3.63, 3.8) is 0 Å². The van der Waals surface area contributed by atoms with Crippen LogP contribution in [0.25, 0.3) is 0 Å². The van der Waals surface area contributed by atoms with Crippen LogP contribution in [0, 0.1) is 5.82 Å². The molecule has 0 aliphatic carbocycles.